The van der Waals surface area contributed by atoms with E-state index in [-0.39, 0.29) is 24.7 Å². The summed E-state index contributed by atoms with van der Waals surface area (Å²) in [6.45, 7) is 9.34. The molecule has 0 radical (unpaired) electrons. The van der Waals surface area contributed by atoms with Gasteiger partial charge in [-0.25, -0.2) is 4.79 Å². The molecular weight excluding hydrogens is 432 g/mol. The molecule has 176 valence electrons. The average Bonchev–Trinajstić information content (AvgIpc) is 3.23. The fourth-order valence-corrected chi connectivity index (χ4v) is 3.36. The average molecular weight is 465 g/mol. The molecule has 1 aromatic heterocycles. The van der Waals surface area contributed by atoms with E-state index < -0.39 is 12.3 Å². The summed E-state index contributed by atoms with van der Waals surface area (Å²) in [7, 11) is 0. The van der Waals surface area contributed by atoms with Gasteiger partial charge in [0.05, 0.1) is 31.5 Å². The lowest BCUT2D eigenvalue weighted by molar-refractivity contribution is -0.000670. The molecule has 0 aliphatic carbocycles. The summed E-state index contributed by atoms with van der Waals surface area (Å²) in [5, 5.41) is 3.31. The number of ether oxygens (including phenoxy) is 4. The van der Waals surface area contributed by atoms with Gasteiger partial charge in [-0.1, -0.05) is 0 Å². The Balaban J connectivity index is 1.94. The second kappa shape index (κ2) is 13.1. The van der Waals surface area contributed by atoms with Crippen molar-refractivity contribution >= 4 is 23.7 Å². The van der Waals surface area contributed by atoms with Crippen LogP contribution in [0.3, 0.4) is 0 Å². The van der Waals surface area contributed by atoms with Crippen LogP contribution in [0.1, 0.15) is 33.6 Å². The molecular formula is C22H32N4O5S. The van der Waals surface area contributed by atoms with Crippen LogP contribution < -0.4 is 15.0 Å². The minimum Gasteiger partial charge on any atom is -0.470 e. The van der Waals surface area contributed by atoms with Crippen LogP contribution in [-0.2, 0) is 14.2 Å². The SMILES string of the molecule is C#CCC(CC#C)COC(=O)OC(CNC(C)(C)C)COc1nsnc1N1CCOCC1. The van der Waals surface area contributed by atoms with Crippen LogP contribution in [0, 0.1) is 30.6 Å². The zero-order valence-electron chi connectivity index (χ0n) is 19.0. The minimum absolute atomic E-state index is 0.0963. The quantitative estimate of drug-likeness (QED) is 0.391. The zero-order valence-corrected chi connectivity index (χ0v) is 19.8. The molecule has 1 atom stereocenters. The highest BCUT2D eigenvalue weighted by Crippen LogP contribution is 2.26. The standard InChI is InChI=1S/C22H32N4O5S/c1-6-8-17(9-7-2)15-30-21(27)31-18(14-23-22(3,4)5)16-29-20-19(24-32-25-20)26-10-12-28-13-11-26/h1-2,17-18,23H,8-16H2,3-5H3. The lowest BCUT2D eigenvalue weighted by Gasteiger charge is -2.27. The topological polar surface area (TPSA) is 95.0 Å². The summed E-state index contributed by atoms with van der Waals surface area (Å²) in [5.74, 6) is 6.07. The molecule has 1 aliphatic rings. The highest BCUT2D eigenvalue weighted by molar-refractivity contribution is 6.99. The molecule has 1 unspecified atom stereocenters. The normalized spacial score (nSPS) is 15.0. The largest absolute Gasteiger partial charge is 0.508 e. The number of anilines is 1. The van der Waals surface area contributed by atoms with Crippen LogP contribution in [0.2, 0.25) is 0 Å². The van der Waals surface area contributed by atoms with E-state index in [0.717, 1.165) is 24.8 Å². The van der Waals surface area contributed by atoms with Crippen LogP contribution in [0.25, 0.3) is 0 Å². The highest BCUT2D eigenvalue weighted by atomic mass is 32.1. The number of carbonyl (C=O) groups excluding carboxylic acids is 1. The molecule has 32 heavy (non-hydrogen) atoms. The van der Waals surface area contributed by atoms with E-state index in [4.69, 9.17) is 31.8 Å². The van der Waals surface area contributed by atoms with E-state index in [1.54, 1.807) is 0 Å². The van der Waals surface area contributed by atoms with Gasteiger partial charge in [0.25, 0.3) is 5.88 Å². The van der Waals surface area contributed by atoms with Crippen LogP contribution in [0.4, 0.5) is 10.6 Å². The number of hydrogen-bond donors (Lipinski definition) is 1. The van der Waals surface area contributed by atoms with E-state index >= 15 is 0 Å². The van der Waals surface area contributed by atoms with E-state index in [2.05, 4.69) is 30.8 Å². The first-order chi connectivity index (χ1) is 15.3. The first-order valence-electron chi connectivity index (χ1n) is 10.6. The highest BCUT2D eigenvalue weighted by Gasteiger charge is 2.24. The number of morpholine rings is 1. The molecule has 0 amide bonds. The van der Waals surface area contributed by atoms with Gasteiger partial charge < -0.3 is 29.2 Å². The summed E-state index contributed by atoms with van der Waals surface area (Å²) < 4.78 is 30.6. The molecule has 0 saturated carbocycles. The van der Waals surface area contributed by atoms with Crippen molar-refractivity contribution in [3.8, 4) is 30.6 Å². The Morgan fingerprint density at radius 3 is 2.53 bits per heavy atom. The van der Waals surface area contributed by atoms with Crippen LogP contribution in [0.15, 0.2) is 0 Å². The maximum atomic E-state index is 12.3. The lowest BCUT2D eigenvalue weighted by atomic mass is 10.0. The van der Waals surface area contributed by atoms with Crippen molar-refractivity contribution in [2.24, 2.45) is 5.92 Å². The number of carbonyl (C=O) groups is 1. The van der Waals surface area contributed by atoms with E-state index in [1.807, 2.05) is 20.8 Å². The molecule has 1 aromatic rings. The molecule has 1 fully saturated rings. The van der Waals surface area contributed by atoms with Gasteiger partial charge in [-0.15, -0.1) is 29.1 Å². The van der Waals surface area contributed by atoms with Crippen molar-refractivity contribution in [3.05, 3.63) is 0 Å². The summed E-state index contributed by atoms with van der Waals surface area (Å²) >= 11 is 1.08. The van der Waals surface area contributed by atoms with Gasteiger partial charge in [-0.05, 0) is 20.8 Å². The van der Waals surface area contributed by atoms with Crippen molar-refractivity contribution < 1.29 is 23.7 Å². The third kappa shape index (κ3) is 9.31. The molecule has 1 aliphatic heterocycles. The first-order valence-corrected chi connectivity index (χ1v) is 11.3. The summed E-state index contributed by atoms with van der Waals surface area (Å²) in [6.07, 6.45) is 10.2. The first kappa shape index (κ1) is 25.7. The molecule has 0 spiro atoms. The zero-order chi connectivity index (χ0) is 23.4. The molecule has 2 heterocycles. The predicted molar refractivity (Wildman–Crippen MR) is 123 cm³/mol. The number of hydrogen-bond acceptors (Lipinski definition) is 10. The molecule has 10 heteroatoms. The fraction of sp³-hybridized carbons (Fsp3) is 0.682. The Labute approximate surface area is 194 Å². The number of nitrogens with one attached hydrogen (secondary N) is 1. The van der Waals surface area contributed by atoms with Gasteiger partial charge in [0.1, 0.15) is 6.61 Å². The van der Waals surface area contributed by atoms with Crippen LogP contribution in [-0.4, -0.2) is 72.6 Å². The molecule has 0 aromatic carbocycles. The number of aromatic nitrogens is 2. The van der Waals surface area contributed by atoms with Crippen molar-refractivity contribution in [2.45, 2.75) is 45.3 Å². The van der Waals surface area contributed by atoms with Crippen LogP contribution >= 0.6 is 11.7 Å². The minimum atomic E-state index is -0.793. The number of rotatable bonds is 11. The molecule has 0 bridgehead atoms. The monoisotopic (exact) mass is 464 g/mol. The number of nitrogens with zero attached hydrogens (tertiary/aromatic N) is 3. The number of terminal acetylenes is 2. The third-order valence-electron chi connectivity index (χ3n) is 4.53. The van der Waals surface area contributed by atoms with Crippen molar-refractivity contribution in [3.63, 3.8) is 0 Å². The van der Waals surface area contributed by atoms with E-state index in [0.29, 0.717) is 44.3 Å². The Morgan fingerprint density at radius 2 is 1.91 bits per heavy atom. The Morgan fingerprint density at radius 1 is 1.22 bits per heavy atom. The van der Waals surface area contributed by atoms with Gasteiger partial charge >= 0.3 is 6.16 Å². The van der Waals surface area contributed by atoms with Gasteiger partial charge in [0.2, 0.25) is 5.82 Å². The van der Waals surface area contributed by atoms with Crippen molar-refractivity contribution in [1.29, 1.82) is 0 Å². The summed E-state index contributed by atoms with van der Waals surface area (Å²) in [5.41, 5.74) is -0.169. The second-order valence-electron chi connectivity index (χ2n) is 8.42. The van der Waals surface area contributed by atoms with E-state index in [1.165, 1.54) is 0 Å². The van der Waals surface area contributed by atoms with Crippen molar-refractivity contribution in [1.82, 2.24) is 14.1 Å². The van der Waals surface area contributed by atoms with Gasteiger partial charge in [-0.2, -0.15) is 4.37 Å². The summed E-state index contributed by atoms with van der Waals surface area (Å²) in [6, 6.07) is 0. The van der Waals surface area contributed by atoms with Gasteiger partial charge in [-0.3, -0.25) is 0 Å². The van der Waals surface area contributed by atoms with Gasteiger partial charge in [0, 0.05) is 43.9 Å². The molecule has 1 saturated heterocycles. The van der Waals surface area contributed by atoms with Crippen LogP contribution in [0.5, 0.6) is 5.88 Å². The second-order valence-corrected chi connectivity index (χ2v) is 8.95. The van der Waals surface area contributed by atoms with Crippen molar-refractivity contribution in [2.75, 3.05) is 51.0 Å². The Bertz CT molecular complexity index is 773. The lowest BCUT2D eigenvalue weighted by Crippen LogP contribution is -2.44. The molecule has 9 nitrogen and oxygen atoms in total. The van der Waals surface area contributed by atoms with Gasteiger partial charge in [0.15, 0.2) is 6.10 Å². The predicted octanol–water partition coefficient (Wildman–Crippen LogP) is 2.33. The maximum Gasteiger partial charge on any atom is 0.508 e. The Hall–Kier alpha value is -2.53. The fourth-order valence-electron chi connectivity index (χ4n) is 2.84. The molecule has 2 rings (SSSR count). The third-order valence-corrected chi connectivity index (χ3v) is 5.03. The maximum absolute atomic E-state index is 12.3. The van der Waals surface area contributed by atoms with E-state index in [9.17, 15) is 4.79 Å². The summed E-state index contributed by atoms with van der Waals surface area (Å²) in [4.78, 5) is 14.4. The Kier molecular flexibility index (Phi) is 10.5. The molecule has 1 N–H and O–H groups in total. The smallest absolute Gasteiger partial charge is 0.470 e.